The molecule has 0 saturated heterocycles. The summed E-state index contributed by atoms with van der Waals surface area (Å²) < 4.78 is 6.22. The topological polar surface area (TPSA) is 64.7 Å². The summed E-state index contributed by atoms with van der Waals surface area (Å²) in [5.74, 6) is 1.72. The SMILES string of the molecule is c1ccc(-c2cccc(-c3nc(-c4cnc5cc(-c6ccccc6)ccc5c4)nc(-c4cccc5oc6ccccc6c45)n3)c2)cc1. The molecule has 0 unspecified atom stereocenters. The number of hydrogen-bond acceptors (Lipinski definition) is 5. The van der Waals surface area contributed by atoms with Crippen molar-refractivity contribution in [1.29, 1.82) is 0 Å². The van der Waals surface area contributed by atoms with Gasteiger partial charge in [-0.3, -0.25) is 4.98 Å². The molecular formula is C42H26N4O. The van der Waals surface area contributed by atoms with Crippen LogP contribution in [0.1, 0.15) is 0 Å². The Hall–Kier alpha value is -6.46. The Labute approximate surface area is 270 Å². The monoisotopic (exact) mass is 602 g/mol. The summed E-state index contributed by atoms with van der Waals surface area (Å²) in [4.78, 5) is 20.1. The molecule has 0 spiro atoms. The number of hydrogen-bond donors (Lipinski definition) is 0. The molecule has 3 heterocycles. The molecule has 9 aromatic rings. The van der Waals surface area contributed by atoms with Crippen molar-refractivity contribution in [2.24, 2.45) is 0 Å². The van der Waals surface area contributed by atoms with Gasteiger partial charge in [0.1, 0.15) is 11.2 Å². The van der Waals surface area contributed by atoms with Crippen LogP contribution in [0.4, 0.5) is 0 Å². The van der Waals surface area contributed by atoms with Gasteiger partial charge >= 0.3 is 0 Å². The van der Waals surface area contributed by atoms with Gasteiger partial charge < -0.3 is 4.42 Å². The van der Waals surface area contributed by atoms with E-state index in [2.05, 4.69) is 72.8 Å². The lowest BCUT2D eigenvalue weighted by Gasteiger charge is -2.11. The molecule has 5 nitrogen and oxygen atoms in total. The fraction of sp³-hybridized carbons (Fsp3) is 0. The summed E-state index contributed by atoms with van der Waals surface area (Å²) in [6.07, 6.45) is 1.86. The lowest BCUT2D eigenvalue weighted by Crippen LogP contribution is -2.01. The molecule has 3 aromatic heterocycles. The zero-order chi connectivity index (χ0) is 31.2. The molecule has 220 valence electrons. The van der Waals surface area contributed by atoms with Gasteiger partial charge in [0.15, 0.2) is 17.5 Å². The highest BCUT2D eigenvalue weighted by Gasteiger charge is 2.18. The van der Waals surface area contributed by atoms with E-state index in [1.54, 1.807) is 0 Å². The minimum Gasteiger partial charge on any atom is -0.456 e. The van der Waals surface area contributed by atoms with E-state index in [0.717, 1.165) is 71.8 Å². The Morgan fingerprint density at radius 1 is 0.404 bits per heavy atom. The van der Waals surface area contributed by atoms with Crippen molar-refractivity contribution in [2.75, 3.05) is 0 Å². The molecular weight excluding hydrogens is 576 g/mol. The molecule has 0 bridgehead atoms. The average Bonchev–Trinajstić information content (AvgIpc) is 3.54. The van der Waals surface area contributed by atoms with Gasteiger partial charge in [-0.2, -0.15) is 0 Å². The molecule has 0 aliphatic carbocycles. The minimum absolute atomic E-state index is 0.557. The van der Waals surface area contributed by atoms with Crippen LogP contribution < -0.4 is 0 Å². The van der Waals surface area contributed by atoms with Crippen molar-refractivity contribution in [3.05, 3.63) is 158 Å². The van der Waals surface area contributed by atoms with Crippen molar-refractivity contribution >= 4 is 32.8 Å². The van der Waals surface area contributed by atoms with Crippen LogP contribution in [0.3, 0.4) is 0 Å². The highest BCUT2D eigenvalue weighted by Crippen LogP contribution is 2.37. The largest absolute Gasteiger partial charge is 0.456 e. The summed E-state index contributed by atoms with van der Waals surface area (Å²) in [5, 5.41) is 3.02. The van der Waals surface area contributed by atoms with Gasteiger partial charge in [-0.1, -0.05) is 121 Å². The Bertz CT molecular complexity index is 2580. The zero-order valence-electron chi connectivity index (χ0n) is 25.2. The maximum Gasteiger partial charge on any atom is 0.165 e. The maximum absolute atomic E-state index is 6.22. The third-order valence-corrected chi connectivity index (χ3v) is 8.56. The molecule has 0 fully saturated rings. The number of benzene rings is 6. The standard InChI is InChI=1S/C42H26N4O/c1-3-11-27(12-4-1)29-15-9-16-32(23-29)40-44-41(33-24-31-22-21-30(25-36(31)43-26-33)28-13-5-2-6-14-28)46-42(45-40)35-18-10-20-38-39(35)34-17-7-8-19-37(34)47-38/h1-26H. The van der Waals surface area contributed by atoms with E-state index in [9.17, 15) is 0 Å². The van der Waals surface area contributed by atoms with Crippen molar-refractivity contribution in [3.63, 3.8) is 0 Å². The average molecular weight is 603 g/mol. The predicted octanol–water partition coefficient (Wildman–Crippen LogP) is 10.7. The summed E-state index contributed by atoms with van der Waals surface area (Å²) in [6, 6.07) is 51.6. The molecule has 0 aliphatic heterocycles. The van der Waals surface area contributed by atoms with Crippen LogP contribution in [0, 0.1) is 0 Å². The normalized spacial score (nSPS) is 11.4. The van der Waals surface area contributed by atoms with Crippen LogP contribution in [0.2, 0.25) is 0 Å². The lowest BCUT2D eigenvalue weighted by molar-refractivity contribution is 0.669. The first-order chi connectivity index (χ1) is 23.3. The molecule has 0 atom stereocenters. The molecule has 0 aliphatic rings. The van der Waals surface area contributed by atoms with E-state index < -0.39 is 0 Å². The molecule has 0 saturated carbocycles. The molecule has 0 radical (unpaired) electrons. The molecule has 5 heteroatoms. The number of pyridine rings is 1. The summed E-state index contributed by atoms with van der Waals surface area (Å²) in [7, 11) is 0. The van der Waals surface area contributed by atoms with Gasteiger partial charge in [0.25, 0.3) is 0 Å². The highest BCUT2D eigenvalue weighted by molar-refractivity contribution is 6.11. The van der Waals surface area contributed by atoms with Gasteiger partial charge in [0.2, 0.25) is 0 Å². The van der Waals surface area contributed by atoms with Crippen LogP contribution in [0.5, 0.6) is 0 Å². The van der Waals surface area contributed by atoms with Gasteiger partial charge in [-0.15, -0.1) is 0 Å². The molecule has 0 N–H and O–H groups in total. The second-order valence-electron chi connectivity index (χ2n) is 11.5. The number of fused-ring (bicyclic) bond motifs is 4. The fourth-order valence-electron chi connectivity index (χ4n) is 6.24. The van der Waals surface area contributed by atoms with Crippen LogP contribution in [0.25, 0.3) is 89.3 Å². The van der Waals surface area contributed by atoms with E-state index in [-0.39, 0.29) is 0 Å². The van der Waals surface area contributed by atoms with Crippen LogP contribution >= 0.6 is 0 Å². The first-order valence-electron chi connectivity index (χ1n) is 15.5. The van der Waals surface area contributed by atoms with Crippen molar-refractivity contribution in [1.82, 2.24) is 19.9 Å². The maximum atomic E-state index is 6.22. The van der Waals surface area contributed by atoms with E-state index >= 15 is 0 Å². The Morgan fingerprint density at radius 3 is 1.83 bits per heavy atom. The Kier molecular flexibility index (Phi) is 6.39. The molecule has 47 heavy (non-hydrogen) atoms. The van der Waals surface area contributed by atoms with Crippen LogP contribution in [-0.4, -0.2) is 19.9 Å². The second kappa shape index (κ2) is 11.2. The van der Waals surface area contributed by atoms with E-state index in [1.807, 2.05) is 85.1 Å². The summed E-state index contributed by atoms with van der Waals surface area (Å²) in [5.41, 5.74) is 9.65. The quantitative estimate of drug-likeness (QED) is 0.196. The van der Waals surface area contributed by atoms with Crippen molar-refractivity contribution in [3.8, 4) is 56.4 Å². The number of para-hydroxylation sites is 1. The highest BCUT2D eigenvalue weighted by atomic mass is 16.3. The van der Waals surface area contributed by atoms with Crippen molar-refractivity contribution in [2.45, 2.75) is 0 Å². The molecule has 6 aromatic carbocycles. The Balaban J connectivity index is 1.23. The summed E-state index contributed by atoms with van der Waals surface area (Å²) in [6.45, 7) is 0. The number of rotatable bonds is 5. The van der Waals surface area contributed by atoms with E-state index in [0.29, 0.717) is 17.5 Å². The van der Waals surface area contributed by atoms with E-state index in [4.69, 9.17) is 24.4 Å². The number of furan rings is 1. The first kappa shape index (κ1) is 26.9. The lowest BCUT2D eigenvalue weighted by atomic mass is 10.0. The van der Waals surface area contributed by atoms with Crippen LogP contribution in [-0.2, 0) is 0 Å². The Morgan fingerprint density at radius 2 is 1.02 bits per heavy atom. The van der Waals surface area contributed by atoms with Crippen molar-refractivity contribution < 1.29 is 4.42 Å². The molecule has 9 rings (SSSR count). The zero-order valence-corrected chi connectivity index (χ0v) is 25.2. The number of aromatic nitrogens is 4. The third kappa shape index (κ3) is 4.91. The number of nitrogens with zero attached hydrogens (tertiary/aromatic N) is 4. The second-order valence-corrected chi connectivity index (χ2v) is 11.5. The van der Waals surface area contributed by atoms with Crippen LogP contribution in [0.15, 0.2) is 162 Å². The van der Waals surface area contributed by atoms with Gasteiger partial charge in [0, 0.05) is 39.0 Å². The fourth-order valence-corrected chi connectivity index (χ4v) is 6.24. The smallest absolute Gasteiger partial charge is 0.165 e. The van der Waals surface area contributed by atoms with Gasteiger partial charge in [0.05, 0.1) is 5.52 Å². The van der Waals surface area contributed by atoms with E-state index in [1.165, 1.54) is 0 Å². The summed E-state index contributed by atoms with van der Waals surface area (Å²) >= 11 is 0. The van der Waals surface area contributed by atoms with Gasteiger partial charge in [-0.05, 0) is 52.6 Å². The predicted molar refractivity (Wildman–Crippen MR) is 190 cm³/mol. The first-order valence-corrected chi connectivity index (χ1v) is 15.5. The van der Waals surface area contributed by atoms with Gasteiger partial charge in [-0.25, -0.2) is 15.0 Å². The minimum atomic E-state index is 0.557. The third-order valence-electron chi connectivity index (χ3n) is 8.56. The molecule has 0 amide bonds.